The fourth-order valence-electron chi connectivity index (χ4n) is 5.17. The molecule has 0 N–H and O–H groups in total. The molecule has 5 aromatic rings. The first kappa shape index (κ1) is 29.4. The zero-order chi connectivity index (χ0) is 31.7. The maximum Gasteiger partial charge on any atom is 0.311 e. The molecule has 0 aliphatic carbocycles. The normalized spacial score (nSPS) is 12.3. The van der Waals surface area contributed by atoms with Crippen LogP contribution in [0.4, 0.5) is 5.69 Å². The summed E-state index contributed by atoms with van der Waals surface area (Å²) in [6.45, 7) is 6.28. The Kier molecular flexibility index (Phi) is 7.91. The van der Waals surface area contributed by atoms with Gasteiger partial charge in [0.25, 0.3) is 5.56 Å². The van der Waals surface area contributed by atoms with Gasteiger partial charge < -0.3 is 18.9 Å². The van der Waals surface area contributed by atoms with Gasteiger partial charge in [-0.3, -0.25) is 14.9 Å². The van der Waals surface area contributed by atoms with Gasteiger partial charge in [-0.2, -0.15) is 9.78 Å². The number of ether oxygens (including phenoxy) is 4. The minimum atomic E-state index is -0.518. The molecule has 1 aliphatic rings. The third kappa shape index (κ3) is 5.79. The van der Waals surface area contributed by atoms with Crippen LogP contribution < -0.4 is 24.5 Å². The van der Waals surface area contributed by atoms with Crippen molar-refractivity contribution in [3.05, 3.63) is 116 Å². The zero-order valence-corrected chi connectivity index (χ0v) is 25.1. The molecule has 1 aromatic heterocycles. The van der Waals surface area contributed by atoms with Crippen molar-refractivity contribution in [3.8, 4) is 34.4 Å². The van der Waals surface area contributed by atoms with Crippen LogP contribution in [0.3, 0.4) is 0 Å². The molecule has 0 amide bonds. The smallest absolute Gasteiger partial charge is 0.311 e. The van der Waals surface area contributed by atoms with Crippen LogP contribution in [-0.2, 0) is 6.61 Å². The topological polar surface area (TPSA) is 127 Å². The van der Waals surface area contributed by atoms with Gasteiger partial charge in [0.05, 0.1) is 29.2 Å². The molecule has 0 spiro atoms. The van der Waals surface area contributed by atoms with Crippen molar-refractivity contribution in [2.24, 2.45) is 5.10 Å². The standard InChI is InChI=1S/C34H30N4O7/c1-20(2)25-16-26(21(3)13-31(25)42-4)33-36-27-8-6-5-7-24(27)34(39)37(33)35-17-22-9-11-29(28(14-22)38(40)41)43-18-23-10-12-30-32(15-23)45-19-44-30/h5-17,20H,18-19H2,1-4H3. The number of para-hydroxylation sites is 1. The van der Waals surface area contributed by atoms with Crippen LogP contribution in [0.2, 0.25) is 0 Å². The summed E-state index contributed by atoms with van der Waals surface area (Å²) in [6, 6.07) is 20.8. The van der Waals surface area contributed by atoms with E-state index in [1.165, 1.54) is 23.0 Å². The molecule has 45 heavy (non-hydrogen) atoms. The summed E-state index contributed by atoms with van der Waals surface area (Å²) in [7, 11) is 1.63. The lowest BCUT2D eigenvalue weighted by atomic mass is 9.96. The van der Waals surface area contributed by atoms with Crippen LogP contribution in [0.25, 0.3) is 22.3 Å². The van der Waals surface area contributed by atoms with Crippen molar-refractivity contribution < 1.29 is 23.9 Å². The number of nitro benzene ring substituents is 1. The number of nitro groups is 1. The molecule has 0 unspecified atom stereocenters. The van der Waals surface area contributed by atoms with Gasteiger partial charge in [0.1, 0.15) is 12.4 Å². The van der Waals surface area contributed by atoms with Crippen molar-refractivity contribution in [1.29, 1.82) is 0 Å². The molecule has 6 rings (SSSR count). The van der Waals surface area contributed by atoms with Crippen molar-refractivity contribution in [3.63, 3.8) is 0 Å². The van der Waals surface area contributed by atoms with Crippen LogP contribution >= 0.6 is 0 Å². The van der Waals surface area contributed by atoms with E-state index in [0.717, 1.165) is 28.0 Å². The van der Waals surface area contributed by atoms with Gasteiger partial charge in [0.15, 0.2) is 23.1 Å². The van der Waals surface area contributed by atoms with E-state index >= 15 is 0 Å². The highest BCUT2D eigenvalue weighted by Crippen LogP contribution is 2.35. The van der Waals surface area contributed by atoms with Crippen molar-refractivity contribution >= 4 is 22.8 Å². The zero-order valence-electron chi connectivity index (χ0n) is 25.1. The Balaban J connectivity index is 1.38. The number of fused-ring (bicyclic) bond motifs is 2. The Bertz CT molecular complexity index is 2030. The van der Waals surface area contributed by atoms with E-state index < -0.39 is 4.92 Å². The van der Waals surface area contributed by atoms with Crippen LogP contribution in [0.1, 0.15) is 42.0 Å². The summed E-state index contributed by atoms with van der Waals surface area (Å²) in [5, 5.41) is 16.9. The number of benzene rings is 4. The first-order valence-electron chi connectivity index (χ1n) is 14.3. The highest BCUT2D eigenvalue weighted by Gasteiger charge is 2.20. The van der Waals surface area contributed by atoms with E-state index in [4.69, 9.17) is 23.9 Å². The van der Waals surface area contributed by atoms with Crippen molar-refractivity contribution in [2.75, 3.05) is 13.9 Å². The Hall–Kier alpha value is -5.71. The highest BCUT2D eigenvalue weighted by molar-refractivity contribution is 5.83. The van der Waals surface area contributed by atoms with Crippen molar-refractivity contribution in [1.82, 2.24) is 9.66 Å². The van der Waals surface area contributed by atoms with Gasteiger partial charge >= 0.3 is 5.69 Å². The monoisotopic (exact) mass is 606 g/mol. The van der Waals surface area contributed by atoms with Crippen LogP contribution in [0.15, 0.2) is 82.7 Å². The first-order chi connectivity index (χ1) is 21.7. The Labute approximate surface area is 258 Å². The SMILES string of the molecule is COc1cc(C)c(-c2nc3ccccc3c(=O)n2N=Cc2ccc(OCc3ccc4c(c3)OCO4)c([N+](=O)[O-])c2)cc1C(C)C. The quantitative estimate of drug-likeness (QED) is 0.104. The predicted molar refractivity (Wildman–Crippen MR) is 170 cm³/mol. The number of hydrogen-bond acceptors (Lipinski definition) is 9. The van der Waals surface area contributed by atoms with Crippen LogP contribution in [-0.4, -0.2) is 34.7 Å². The predicted octanol–water partition coefficient (Wildman–Crippen LogP) is 6.60. The second kappa shape index (κ2) is 12.1. The molecule has 0 saturated heterocycles. The lowest BCUT2D eigenvalue weighted by molar-refractivity contribution is -0.385. The summed E-state index contributed by atoms with van der Waals surface area (Å²) < 4.78 is 23.4. The molecule has 0 saturated carbocycles. The van der Waals surface area contributed by atoms with E-state index in [1.807, 2.05) is 31.2 Å². The number of aromatic nitrogens is 2. The molecule has 0 atom stereocenters. The molecule has 1 aliphatic heterocycles. The highest BCUT2D eigenvalue weighted by atomic mass is 16.7. The largest absolute Gasteiger partial charge is 0.496 e. The summed E-state index contributed by atoms with van der Waals surface area (Å²) in [5.41, 5.74) is 3.62. The summed E-state index contributed by atoms with van der Waals surface area (Å²) in [5.74, 6) is 2.57. The summed E-state index contributed by atoms with van der Waals surface area (Å²) >= 11 is 0. The Morgan fingerprint density at radius 2 is 1.84 bits per heavy atom. The van der Waals surface area contributed by atoms with Gasteiger partial charge in [-0.15, -0.1) is 0 Å². The fourth-order valence-corrected chi connectivity index (χ4v) is 5.17. The van der Waals surface area contributed by atoms with E-state index in [2.05, 4.69) is 18.9 Å². The Morgan fingerprint density at radius 1 is 1.04 bits per heavy atom. The minimum absolute atomic E-state index is 0.0893. The molecule has 11 heteroatoms. The number of methoxy groups -OCH3 is 1. The van der Waals surface area contributed by atoms with E-state index in [0.29, 0.717) is 33.8 Å². The number of hydrogen-bond donors (Lipinski definition) is 0. The molecule has 4 aromatic carbocycles. The second-order valence-corrected chi connectivity index (χ2v) is 10.8. The second-order valence-electron chi connectivity index (χ2n) is 10.8. The van der Waals surface area contributed by atoms with E-state index in [-0.39, 0.29) is 36.3 Å². The van der Waals surface area contributed by atoms with Gasteiger partial charge in [-0.25, -0.2) is 4.98 Å². The lowest BCUT2D eigenvalue weighted by Gasteiger charge is -2.17. The third-order valence-corrected chi connectivity index (χ3v) is 7.53. The lowest BCUT2D eigenvalue weighted by Crippen LogP contribution is -2.20. The third-order valence-electron chi connectivity index (χ3n) is 7.53. The first-order valence-corrected chi connectivity index (χ1v) is 14.3. The van der Waals surface area contributed by atoms with Crippen LogP contribution in [0, 0.1) is 17.0 Å². The summed E-state index contributed by atoms with van der Waals surface area (Å²) in [6.07, 6.45) is 1.40. The molecule has 11 nitrogen and oxygen atoms in total. The van der Waals surface area contributed by atoms with E-state index in [9.17, 15) is 14.9 Å². The van der Waals surface area contributed by atoms with Gasteiger partial charge in [0, 0.05) is 17.2 Å². The van der Waals surface area contributed by atoms with Gasteiger partial charge in [-0.05, 0) is 78.1 Å². The molecule has 2 heterocycles. The van der Waals surface area contributed by atoms with Crippen molar-refractivity contribution in [2.45, 2.75) is 33.3 Å². The number of aryl methyl sites for hydroxylation is 1. The number of rotatable bonds is 9. The summed E-state index contributed by atoms with van der Waals surface area (Å²) in [4.78, 5) is 30.1. The number of nitrogens with zero attached hydrogens (tertiary/aromatic N) is 4. The molecule has 0 fully saturated rings. The minimum Gasteiger partial charge on any atom is -0.496 e. The van der Waals surface area contributed by atoms with Gasteiger partial charge in [0.2, 0.25) is 6.79 Å². The van der Waals surface area contributed by atoms with E-state index in [1.54, 1.807) is 43.5 Å². The van der Waals surface area contributed by atoms with Gasteiger partial charge in [-0.1, -0.05) is 32.0 Å². The maximum atomic E-state index is 13.8. The molecular weight excluding hydrogens is 576 g/mol. The van der Waals surface area contributed by atoms with Crippen LogP contribution in [0.5, 0.6) is 23.0 Å². The molecule has 0 bridgehead atoms. The molecule has 0 radical (unpaired) electrons. The molecular formula is C34H30N4O7. The maximum absolute atomic E-state index is 13.8. The Morgan fingerprint density at radius 3 is 2.62 bits per heavy atom. The fraction of sp³-hybridized carbons (Fsp3) is 0.206. The molecule has 228 valence electrons. The average Bonchev–Trinajstić information content (AvgIpc) is 3.51. The average molecular weight is 607 g/mol.